The molecule has 1 atom stereocenters. The summed E-state index contributed by atoms with van der Waals surface area (Å²) >= 11 is 5.86. The highest BCUT2D eigenvalue weighted by molar-refractivity contribution is 6.44. The number of rotatable bonds is 5. The van der Waals surface area contributed by atoms with Gasteiger partial charge in [0.05, 0.1) is 11.6 Å². The molecule has 0 radical (unpaired) electrons. The van der Waals surface area contributed by atoms with Gasteiger partial charge in [0.1, 0.15) is 48.7 Å². The number of amides is 1. The van der Waals surface area contributed by atoms with Crippen LogP contribution >= 0.6 is 11.6 Å². The molecule has 0 spiro atoms. The summed E-state index contributed by atoms with van der Waals surface area (Å²) in [7, 11) is 7.35. The molecule has 5 nitrogen and oxygen atoms in total. The lowest BCUT2D eigenvalue weighted by Crippen LogP contribution is -2.68. The molecule has 3 rings (SSSR count). The number of piperidine rings is 1. The molecule has 12 heteroatoms. The van der Waals surface area contributed by atoms with Crippen LogP contribution in [0.5, 0.6) is 0 Å². The summed E-state index contributed by atoms with van der Waals surface area (Å²) in [6.07, 6.45) is 3.61. The molecule has 2 heterocycles. The summed E-state index contributed by atoms with van der Waals surface area (Å²) in [6, 6.07) is 3.91. The first-order valence-electron chi connectivity index (χ1n) is 10.3. The van der Waals surface area contributed by atoms with Gasteiger partial charge in [0.2, 0.25) is 0 Å². The average Bonchev–Trinajstić information content (AvgIpc) is 2.68. The lowest BCUT2D eigenvalue weighted by molar-refractivity contribution is 0.0154. The van der Waals surface area contributed by atoms with E-state index in [1.807, 2.05) is 38.3 Å². The van der Waals surface area contributed by atoms with Gasteiger partial charge < -0.3 is 10.2 Å². The maximum atomic E-state index is 16.3. The smallest absolute Gasteiger partial charge is 0.253 e. The van der Waals surface area contributed by atoms with E-state index in [1.165, 1.54) is 18.2 Å². The molecule has 0 aliphatic carbocycles. The van der Waals surface area contributed by atoms with Gasteiger partial charge in [0.15, 0.2) is 0 Å². The molecule has 31 heavy (non-hydrogen) atoms. The van der Waals surface area contributed by atoms with Crippen molar-refractivity contribution >= 4 is 48.9 Å². The second kappa shape index (κ2) is 8.58. The van der Waals surface area contributed by atoms with Crippen molar-refractivity contribution in [1.29, 1.82) is 0 Å². The first kappa shape index (κ1) is 23.8. The molecule has 1 amide bonds. The average molecular weight is 442 g/mol. The molecule has 0 bridgehead atoms. The van der Waals surface area contributed by atoms with Gasteiger partial charge in [-0.05, 0) is 47.7 Å². The maximum absolute atomic E-state index is 16.3. The fourth-order valence-electron chi connectivity index (χ4n) is 4.09. The Morgan fingerprint density at radius 2 is 1.90 bits per heavy atom. The number of hydrogen-bond acceptors (Lipinski definition) is 4. The predicted octanol–water partition coefficient (Wildman–Crippen LogP) is -0.776. The summed E-state index contributed by atoms with van der Waals surface area (Å²) in [4.78, 5) is 23.3. The third kappa shape index (κ3) is 4.98. The van der Waals surface area contributed by atoms with Crippen molar-refractivity contribution in [3.8, 4) is 0 Å². The number of aromatic nitrogens is 2. The third-order valence-electron chi connectivity index (χ3n) is 6.14. The summed E-state index contributed by atoms with van der Waals surface area (Å²) < 4.78 is 29.8. The Kier molecular flexibility index (Phi) is 6.59. The van der Waals surface area contributed by atoms with E-state index in [9.17, 15) is 9.18 Å². The number of nitrogens with one attached hydrogen (secondary N) is 1. The van der Waals surface area contributed by atoms with E-state index in [0.29, 0.717) is 12.4 Å². The highest BCUT2D eigenvalue weighted by atomic mass is 35.5. The van der Waals surface area contributed by atoms with Crippen LogP contribution in [0.25, 0.3) is 0 Å². The van der Waals surface area contributed by atoms with Crippen LogP contribution in [0.4, 0.5) is 8.78 Å². The van der Waals surface area contributed by atoms with E-state index in [0.717, 1.165) is 5.56 Å². The zero-order valence-electron chi connectivity index (χ0n) is 18.6. The highest BCUT2D eigenvalue weighted by Gasteiger charge is 2.55. The summed E-state index contributed by atoms with van der Waals surface area (Å²) in [6.45, 7) is 2.60. The van der Waals surface area contributed by atoms with Gasteiger partial charge in [-0.15, -0.1) is 0 Å². The molecule has 1 aliphatic heterocycles. The minimum Gasteiger partial charge on any atom is -0.350 e. The number of hydrogen-bond donors (Lipinski definition) is 1. The van der Waals surface area contributed by atoms with Crippen LogP contribution in [-0.4, -0.2) is 76.3 Å². The molecular weight excluding hydrogens is 417 g/mol. The van der Waals surface area contributed by atoms with Gasteiger partial charge in [0, 0.05) is 31.0 Å². The number of likely N-dealkylation sites (tertiary alicyclic amines) is 1. The predicted molar refractivity (Wildman–Crippen MR) is 129 cm³/mol. The second-order valence-electron chi connectivity index (χ2n) is 9.64. The van der Waals surface area contributed by atoms with Crippen LogP contribution in [0.3, 0.4) is 0 Å². The Morgan fingerprint density at radius 3 is 2.52 bits per heavy atom. The monoisotopic (exact) mass is 442 g/mol. The van der Waals surface area contributed by atoms with Crippen LogP contribution in [0, 0.1) is 12.7 Å². The van der Waals surface area contributed by atoms with Crippen LogP contribution in [0.1, 0.15) is 28.2 Å². The Labute approximate surface area is 190 Å². The first-order chi connectivity index (χ1) is 14.3. The van der Waals surface area contributed by atoms with Crippen LogP contribution in [0.2, 0.25) is 10.2 Å². The number of carbonyl (C=O) groups excluding carboxylic acids is 1. The van der Waals surface area contributed by atoms with Gasteiger partial charge >= 0.3 is 0 Å². The molecule has 1 aliphatic rings. The topological polar surface area (TPSA) is 58.1 Å². The van der Waals surface area contributed by atoms with E-state index >= 15 is 4.39 Å². The van der Waals surface area contributed by atoms with Crippen LogP contribution < -0.4 is 5.32 Å². The fourth-order valence-corrected chi connectivity index (χ4v) is 4.27. The van der Waals surface area contributed by atoms with Crippen molar-refractivity contribution in [3.63, 3.8) is 0 Å². The number of aryl methyl sites for hydroxylation is 1. The van der Waals surface area contributed by atoms with Crippen molar-refractivity contribution in [2.45, 2.75) is 36.1 Å². The Morgan fingerprint density at radius 1 is 1.26 bits per heavy atom. The lowest BCUT2D eigenvalue weighted by Gasteiger charge is -2.57. The lowest BCUT2D eigenvalue weighted by atomic mass is 9.39. The van der Waals surface area contributed by atoms with Crippen molar-refractivity contribution in [1.82, 2.24) is 20.2 Å². The second-order valence-corrected chi connectivity index (χ2v) is 10.0. The molecule has 1 fully saturated rings. The van der Waals surface area contributed by atoms with Crippen molar-refractivity contribution in [2.75, 3.05) is 13.1 Å². The number of halogens is 3. The van der Waals surface area contributed by atoms with E-state index in [-0.39, 0.29) is 36.0 Å². The molecule has 1 aromatic carbocycles. The Balaban J connectivity index is 1.75. The molecule has 1 saturated heterocycles. The van der Waals surface area contributed by atoms with Gasteiger partial charge in [0.25, 0.3) is 5.91 Å². The minimum atomic E-state index is -1.56. The Hall–Kier alpha value is -1.86. The third-order valence-corrected chi connectivity index (χ3v) is 6.43. The standard InChI is InChI=1S/C19H25B4ClF2N4O/c1-11-5-28-15(29-6-11)7-27-9-17(26)8-19(22,23)30(10-18(17,20)21)16(31)12-2-3-14(25)13(24)4-12/h2-6,27H,7-10,20-23H2,1H3. The van der Waals surface area contributed by atoms with Gasteiger partial charge in [-0.1, -0.05) is 11.6 Å². The number of benzene rings is 1. The molecule has 160 valence electrons. The normalized spacial score (nSPS) is 22.3. The zero-order valence-corrected chi connectivity index (χ0v) is 19.4. The molecule has 1 aromatic heterocycles. The minimum absolute atomic E-state index is 0.109. The SMILES string of the molecule is BC1(B)CC(F)(CNCc2ncc(C)cn2)C(B)(B)CN1C(=O)c1ccc(F)c(Cl)c1. The van der Waals surface area contributed by atoms with Crippen molar-refractivity contribution < 1.29 is 13.6 Å². The summed E-state index contributed by atoms with van der Waals surface area (Å²) in [5, 5.41) is 1.48. The Bertz CT molecular complexity index is 980. The number of carbonyl (C=O) groups is 1. The largest absolute Gasteiger partial charge is 0.350 e. The van der Waals surface area contributed by atoms with E-state index in [1.54, 1.807) is 17.3 Å². The molecule has 1 unspecified atom stereocenters. The molecule has 1 N–H and O–H groups in total. The van der Waals surface area contributed by atoms with E-state index in [2.05, 4.69) is 15.3 Å². The van der Waals surface area contributed by atoms with Gasteiger partial charge in [-0.2, -0.15) is 0 Å². The summed E-state index contributed by atoms with van der Waals surface area (Å²) in [5.74, 6) is -0.266. The molecule has 2 aromatic rings. The summed E-state index contributed by atoms with van der Waals surface area (Å²) in [5.41, 5.74) is -0.303. The number of nitrogens with zero attached hydrogens (tertiary/aromatic N) is 3. The van der Waals surface area contributed by atoms with E-state index < -0.39 is 22.0 Å². The highest BCUT2D eigenvalue weighted by Crippen LogP contribution is 2.47. The van der Waals surface area contributed by atoms with Crippen molar-refractivity contribution in [3.05, 3.63) is 58.4 Å². The van der Waals surface area contributed by atoms with Crippen LogP contribution in [-0.2, 0) is 6.54 Å². The maximum Gasteiger partial charge on any atom is 0.253 e. The van der Waals surface area contributed by atoms with Crippen LogP contribution in [0.15, 0.2) is 30.6 Å². The van der Waals surface area contributed by atoms with Gasteiger partial charge in [-0.25, -0.2) is 18.7 Å². The quantitative estimate of drug-likeness (QED) is 0.619. The van der Waals surface area contributed by atoms with Crippen molar-refractivity contribution in [2.24, 2.45) is 0 Å². The number of alkyl halides is 1. The molecule has 0 saturated carbocycles. The first-order valence-corrected chi connectivity index (χ1v) is 10.7. The fraction of sp³-hybridized carbons (Fsp3) is 0.421. The molecular formula is C19H25B4ClF2N4O. The van der Waals surface area contributed by atoms with E-state index in [4.69, 9.17) is 11.6 Å². The van der Waals surface area contributed by atoms with Gasteiger partial charge in [-0.3, -0.25) is 4.79 Å². The zero-order chi connectivity index (χ0) is 23.0.